The molecule has 0 saturated heterocycles. The van der Waals surface area contributed by atoms with Crippen molar-refractivity contribution >= 4 is 22.4 Å². The lowest BCUT2D eigenvalue weighted by molar-refractivity contribution is 0.585. The van der Waals surface area contributed by atoms with Crippen LogP contribution < -0.4 is 0 Å². The van der Waals surface area contributed by atoms with Gasteiger partial charge in [-0.15, -0.1) is 11.6 Å². The molecule has 15 heavy (non-hydrogen) atoms. The molecule has 1 nitrogen and oxygen atoms in total. The van der Waals surface area contributed by atoms with E-state index in [9.17, 15) is 4.21 Å². The molecule has 0 heterocycles. The van der Waals surface area contributed by atoms with Crippen molar-refractivity contribution < 1.29 is 4.21 Å². The highest BCUT2D eigenvalue weighted by atomic mass is 35.5. The van der Waals surface area contributed by atoms with Gasteiger partial charge in [0.05, 0.1) is 0 Å². The van der Waals surface area contributed by atoms with E-state index in [1.54, 1.807) is 0 Å². The van der Waals surface area contributed by atoms with Gasteiger partial charge in [-0.05, 0) is 6.42 Å². The third-order valence-electron chi connectivity index (χ3n) is 2.53. The molecule has 0 rings (SSSR count). The molecule has 0 aromatic rings. The van der Waals surface area contributed by atoms with Crippen molar-refractivity contribution in [2.75, 3.05) is 17.4 Å². The second-order valence-corrected chi connectivity index (χ2v) is 6.09. The van der Waals surface area contributed by atoms with Gasteiger partial charge < -0.3 is 0 Å². The lowest BCUT2D eigenvalue weighted by Gasteiger charge is -2.01. The first kappa shape index (κ1) is 15.4. The second kappa shape index (κ2) is 12.5. The Balaban J connectivity index is 3.01. The fourth-order valence-electron chi connectivity index (χ4n) is 1.59. The zero-order valence-electron chi connectivity index (χ0n) is 9.97. The van der Waals surface area contributed by atoms with Crippen LogP contribution in [0.2, 0.25) is 0 Å². The molecule has 0 saturated carbocycles. The van der Waals surface area contributed by atoms with E-state index in [2.05, 4.69) is 6.92 Å². The molecule has 0 aliphatic carbocycles. The maximum Gasteiger partial charge on any atom is 0.0370 e. The zero-order valence-corrected chi connectivity index (χ0v) is 11.5. The number of alkyl halides is 1. The maximum atomic E-state index is 11.2. The van der Waals surface area contributed by atoms with Crippen molar-refractivity contribution in [3.8, 4) is 0 Å². The summed E-state index contributed by atoms with van der Waals surface area (Å²) in [6.07, 6.45) is 10.5. The first-order chi connectivity index (χ1) is 7.31. The van der Waals surface area contributed by atoms with Crippen LogP contribution in [0.25, 0.3) is 0 Å². The van der Waals surface area contributed by atoms with Gasteiger partial charge in [0, 0.05) is 28.2 Å². The minimum Gasteiger partial charge on any atom is -0.260 e. The zero-order chi connectivity index (χ0) is 11.4. The quantitative estimate of drug-likeness (QED) is 0.399. The monoisotopic (exact) mass is 252 g/mol. The lowest BCUT2D eigenvalue weighted by atomic mass is 10.1. The minimum absolute atomic E-state index is 0.531. The van der Waals surface area contributed by atoms with E-state index in [0.29, 0.717) is 11.6 Å². The molecular weight excluding hydrogens is 228 g/mol. The summed E-state index contributed by atoms with van der Waals surface area (Å²) in [5.74, 6) is 2.05. The highest BCUT2D eigenvalue weighted by Crippen LogP contribution is 2.08. The van der Waals surface area contributed by atoms with Gasteiger partial charge in [-0.2, -0.15) is 0 Å². The van der Waals surface area contributed by atoms with Crippen molar-refractivity contribution in [3.63, 3.8) is 0 Å². The third kappa shape index (κ3) is 12.4. The Morgan fingerprint density at radius 3 is 1.93 bits per heavy atom. The predicted molar refractivity (Wildman–Crippen MR) is 71.2 cm³/mol. The van der Waals surface area contributed by atoms with Crippen LogP contribution in [0.15, 0.2) is 0 Å². The summed E-state index contributed by atoms with van der Waals surface area (Å²) in [4.78, 5) is 0. The summed E-state index contributed by atoms with van der Waals surface area (Å²) in [5, 5.41) is 0. The molecule has 92 valence electrons. The van der Waals surface area contributed by atoms with Crippen LogP contribution in [-0.2, 0) is 10.8 Å². The molecule has 0 bridgehead atoms. The number of hydrogen-bond donors (Lipinski definition) is 0. The number of hydrogen-bond acceptors (Lipinski definition) is 1. The van der Waals surface area contributed by atoms with Gasteiger partial charge in [0.2, 0.25) is 0 Å². The second-order valence-electron chi connectivity index (χ2n) is 4.01. The fourth-order valence-corrected chi connectivity index (χ4v) is 3.00. The molecule has 0 unspecified atom stereocenters. The predicted octanol–water partition coefficient (Wildman–Crippen LogP) is 4.11. The Bertz CT molecular complexity index is 151. The van der Waals surface area contributed by atoms with Crippen LogP contribution in [0, 0.1) is 0 Å². The van der Waals surface area contributed by atoms with E-state index in [-0.39, 0.29) is 0 Å². The van der Waals surface area contributed by atoms with Crippen molar-refractivity contribution in [1.29, 1.82) is 0 Å². The van der Waals surface area contributed by atoms with E-state index < -0.39 is 10.8 Å². The Kier molecular flexibility index (Phi) is 12.9. The van der Waals surface area contributed by atoms with E-state index in [0.717, 1.165) is 12.2 Å². The molecule has 0 fully saturated rings. The van der Waals surface area contributed by atoms with Crippen LogP contribution in [0.3, 0.4) is 0 Å². The largest absolute Gasteiger partial charge is 0.260 e. The third-order valence-corrected chi connectivity index (χ3v) is 4.35. The van der Waals surface area contributed by atoms with Crippen molar-refractivity contribution in [2.24, 2.45) is 0 Å². The topological polar surface area (TPSA) is 17.1 Å². The van der Waals surface area contributed by atoms with E-state index in [1.807, 2.05) is 0 Å². The van der Waals surface area contributed by atoms with E-state index in [4.69, 9.17) is 11.6 Å². The number of unbranched alkanes of at least 4 members (excludes halogenated alkanes) is 7. The minimum atomic E-state index is -0.662. The molecule has 0 spiro atoms. The average Bonchev–Trinajstić information content (AvgIpc) is 2.22. The Morgan fingerprint density at radius 2 is 1.40 bits per heavy atom. The Labute approximate surface area is 102 Å². The molecule has 0 aromatic heterocycles. The van der Waals surface area contributed by atoms with Crippen LogP contribution in [0.5, 0.6) is 0 Å². The van der Waals surface area contributed by atoms with Crippen LogP contribution >= 0.6 is 11.6 Å². The van der Waals surface area contributed by atoms with Gasteiger partial charge in [0.1, 0.15) is 0 Å². The highest BCUT2D eigenvalue weighted by Gasteiger charge is 1.98. The standard InChI is InChI=1S/C12H25ClOS/c1-2-3-4-5-6-7-8-9-11-15(14)12-10-13/h2-12H2,1H3/t15-/m0/s1. The molecule has 1 atom stereocenters. The first-order valence-corrected chi connectivity index (χ1v) is 8.24. The maximum absolute atomic E-state index is 11.2. The van der Waals surface area contributed by atoms with Crippen LogP contribution in [0.4, 0.5) is 0 Å². The summed E-state index contributed by atoms with van der Waals surface area (Å²) < 4.78 is 11.2. The van der Waals surface area contributed by atoms with Crippen LogP contribution in [0.1, 0.15) is 58.3 Å². The molecule has 0 amide bonds. The summed E-state index contributed by atoms with van der Waals surface area (Å²) in [5.41, 5.74) is 0. The average molecular weight is 253 g/mol. The molecular formula is C12H25ClOS. The van der Waals surface area contributed by atoms with Crippen LogP contribution in [-0.4, -0.2) is 21.6 Å². The normalized spacial score (nSPS) is 12.9. The molecule has 0 aromatic carbocycles. The highest BCUT2D eigenvalue weighted by molar-refractivity contribution is 7.85. The first-order valence-electron chi connectivity index (χ1n) is 6.22. The Hall–Kier alpha value is 0.440. The number of rotatable bonds is 11. The molecule has 0 aliphatic heterocycles. The van der Waals surface area contributed by atoms with Gasteiger partial charge in [0.15, 0.2) is 0 Å². The summed E-state index contributed by atoms with van der Waals surface area (Å²) in [6, 6.07) is 0. The van der Waals surface area contributed by atoms with Gasteiger partial charge in [-0.25, -0.2) is 0 Å². The molecule has 0 radical (unpaired) electrons. The van der Waals surface area contributed by atoms with Crippen molar-refractivity contribution in [2.45, 2.75) is 58.3 Å². The van der Waals surface area contributed by atoms with Gasteiger partial charge in [-0.1, -0.05) is 51.9 Å². The SMILES string of the molecule is CCCCCCCCCC[S@](=O)CCCl. The molecule has 3 heteroatoms. The number of halogens is 1. The molecule has 0 N–H and O–H groups in total. The lowest BCUT2D eigenvalue weighted by Crippen LogP contribution is -2.03. The summed E-state index contributed by atoms with van der Waals surface area (Å²) in [6.45, 7) is 2.24. The smallest absolute Gasteiger partial charge is 0.0370 e. The molecule has 0 aliphatic rings. The van der Waals surface area contributed by atoms with Gasteiger partial charge in [0.25, 0.3) is 0 Å². The Morgan fingerprint density at radius 1 is 0.867 bits per heavy atom. The van der Waals surface area contributed by atoms with Crippen molar-refractivity contribution in [1.82, 2.24) is 0 Å². The summed E-state index contributed by atoms with van der Waals surface area (Å²) >= 11 is 5.51. The van der Waals surface area contributed by atoms with Gasteiger partial charge >= 0.3 is 0 Å². The van der Waals surface area contributed by atoms with Gasteiger partial charge in [-0.3, -0.25) is 4.21 Å². The van der Waals surface area contributed by atoms with E-state index in [1.165, 1.54) is 44.9 Å². The van der Waals surface area contributed by atoms with E-state index >= 15 is 0 Å². The van der Waals surface area contributed by atoms with Crippen molar-refractivity contribution in [3.05, 3.63) is 0 Å². The fraction of sp³-hybridized carbons (Fsp3) is 1.00. The summed E-state index contributed by atoms with van der Waals surface area (Å²) in [7, 11) is -0.662.